The van der Waals surface area contributed by atoms with E-state index < -0.39 is 9.84 Å². The second-order valence-electron chi connectivity index (χ2n) is 8.02. The number of rotatable bonds is 6. The van der Waals surface area contributed by atoms with Crippen molar-refractivity contribution >= 4 is 32.2 Å². The summed E-state index contributed by atoms with van der Waals surface area (Å²) in [6.45, 7) is 0.737. The standard InChI is InChI=1S/C27H23N3O2S/c1-33(31,32)24-14-12-23(13-15-24)29-27-17-26-22(18-28-27)16-25(21-10-6-3-7-11-21)30(26)19-20-8-4-2-5-9-20/h2-18H,19H2,1H3,(H,28,29). The first kappa shape index (κ1) is 21.0. The lowest BCUT2D eigenvalue weighted by atomic mass is 10.1. The number of pyridine rings is 1. The van der Waals surface area contributed by atoms with Crippen LogP contribution >= 0.6 is 0 Å². The van der Waals surface area contributed by atoms with Gasteiger partial charge in [-0.1, -0.05) is 60.7 Å². The molecule has 0 fully saturated rings. The number of benzene rings is 3. The predicted molar refractivity (Wildman–Crippen MR) is 134 cm³/mol. The van der Waals surface area contributed by atoms with Gasteiger partial charge in [-0.2, -0.15) is 0 Å². The molecule has 0 aliphatic heterocycles. The molecule has 0 spiro atoms. The van der Waals surface area contributed by atoms with Gasteiger partial charge in [-0.25, -0.2) is 13.4 Å². The maximum absolute atomic E-state index is 11.7. The van der Waals surface area contributed by atoms with Gasteiger partial charge in [0.15, 0.2) is 9.84 Å². The minimum atomic E-state index is -3.23. The Morgan fingerprint density at radius 1 is 0.848 bits per heavy atom. The van der Waals surface area contributed by atoms with Crippen molar-refractivity contribution in [3.05, 3.63) is 109 Å². The van der Waals surface area contributed by atoms with E-state index >= 15 is 0 Å². The Morgan fingerprint density at radius 3 is 2.18 bits per heavy atom. The number of hydrogen-bond acceptors (Lipinski definition) is 4. The molecule has 164 valence electrons. The van der Waals surface area contributed by atoms with E-state index in [0.29, 0.717) is 10.7 Å². The molecule has 5 aromatic rings. The van der Waals surface area contributed by atoms with Crippen LogP contribution in [0.2, 0.25) is 0 Å². The molecule has 6 heteroatoms. The summed E-state index contributed by atoms with van der Waals surface area (Å²) in [5.41, 5.74) is 5.35. The lowest BCUT2D eigenvalue weighted by Crippen LogP contribution is -2.02. The molecule has 1 N–H and O–H groups in total. The van der Waals surface area contributed by atoms with Crippen LogP contribution in [0.15, 0.2) is 108 Å². The summed E-state index contributed by atoms with van der Waals surface area (Å²) in [7, 11) is -3.23. The third kappa shape index (κ3) is 4.52. The van der Waals surface area contributed by atoms with Gasteiger partial charge in [0.05, 0.1) is 10.4 Å². The zero-order valence-corrected chi connectivity index (χ0v) is 19.0. The first-order valence-corrected chi connectivity index (χ1v) is 12.5. The molecule has 3 aromatic carbocycles. The van der Waals surface area contributed by atoms with Crippen molar-refractivity contribution in [3.8, 4) is 11.3 Å². The molecule has 5 nitrogen and oxygen atoms in total. The summed E-state index contributed by atoms with van der Waals surface area (Å²) < 4.78 is 25.7. The van der Waals surface area contributed by atoms with E-state index in [1.807, 2.05) is 36.5 Å². The average molecular weight is 454 g/mol. The van der Waals surface area contributed by atoms with Gasteiger partial charge in [0.2, 0.25) is 0 Å². The van der Waals surface area contributed by atoms with Gasteiger partial charge >= 0.3 is 0 Å². The van der Waals surface area contributed by atoms with Crippen molar-refractivity contribution in [3.63, 3.8) is 0 Å². The Bertz CT molecular complexity index is 1510. The van der Waals surface area contributed by atoms with Gasteiger partial charge in [0.25, 0.3) is 0 Å². The number of aromatic nitrogens is 2. The molecule has 0 aliphatic carbocycles. The molecule has 0 aliphatic rings. The molecule has 2 heterocycles. The van der Waals surface area contributed by atoms with Gasteiger partial charge in [0.1, 0.15) is 5.82 Å². The number of sulfone groups is 1. The van der Waals surface area contributed by atoms with Crippen LogP contribution in [0.4, 0.5) is 11.5 Å². The van der Waals surface area contributed by atoms with Crippen LogP contribution in [0, 0.1) is 0 Å². The molecule has 33 heavy (non-hydrogen) atoms. The molecule has 0 saturated heterocycles. The average Bonchev–Trinajstić information content (AvgIpc) is 3.18. The van der Waals surface area contributed by atoms with Crippen LogP contribution in [0.3, 0.4) is 0 Å². The van der Waals surface area contributed by atoms with E-state index in [2.05, 4.69) is 57.3 Å². The number of nitrogens with one attached hydrogen (secondary N) is 1. The Kier molecular flexibility index (Phi) is 5.44. The van der Waals surface area contributed by atoms with Crippen LogP contribution in [0.5, 0.6) is 0 Å². The van der Waals surface area contributed by atoms with E-state index in [0.717, 1.165) is 34.4 Å². The van der Waals surface area contributed by atoms with E-state index in [-0.39, 0.29) is 0 Å². The van der Waals surface area contributed by atoms with Crippen LogP contribution < -0.4 is 5.32 Å². The first-order chi connectivity index (χ1) is 16.0. The number of anilines is 2. The molecule has 5 rings (SSSR count). The summed E-state index contributed by atoms with van der Waals surface area (Å²) in [5.74, 6) is 0.696. The van der Waals surface area contributed by atoms with Crippen LogP contribution in [-0.2, 0) is 16.4 Å². The molecular formula is C27H23N3O2S. The highest BCUT2D eigenvalue weighted by Crippen LogP contribution is 2.31. The molecular weight excluding hydrogens is 430 g/mol. The number of nitrogens with zero attached hydrogens (tertiary/aromatic N) is 2. The Hall–Kier alpha value is -3.90. The third-order valence-corrected chi connectivity index (χ3v) is 6.72. The summed E-state index contributed by atoms with van der Waals surface area (Å²) >= 11 is 0. The van der Waals surface area contributed by atoms with Crippen LogP contribution in [0.1, 0.15) is 5.56 Å². The van der Waals surface area contributed by atoms with Crippen molar-refractivity contribution in [2.45, 2.75) is 11.4 Å². The van der Waals surface area contributed by atoms with Crippen LogP contribution in [0.25, 0.3) is 22.2 Å². The minimum Gasteiger partial charge on any atom is -0.340 e. The normalized spacial score (nSPS) is 11.5. The zero-order valence-electron chi connectivity index (χ0n) is 18.1. The van der Waals surface area contributed by atoms with Crippen molar-refractivity contribution in [1.82, 2.24) is 9.55 Å². The maximum Gasteiger partial charge on any atom is 0.175 e. The van der Waals surface area contributed by atoms with Gasteiger partial charge in [-0.15, -0.1) is 0 Å². The third-order valence-electron chi connectivity index (χ3n) is 5.59. The fourth-order valence-corrected chi connectivity index (χ4v) is 4.57. The number of hydrogen-bond donors (Lipinski definition) is 1. The van der Waals surface area contributed by atoms with E-state index in [1.165, 1.54) is 11.8 Å². The van der Waals surface area contributed by atoms with Crippen LogP contribution in [-0.4, -0.2) is 24.2 Å². The fourth-order valence-electron chi connectivity index (χ4n) is 3.94. The lowest BCUT2D eigenvalue weighted by molar-refractivity contribution is 0.602. The van der Waals surface area contributed by atoms with Crippen molar-refractivity contribution < 1.29 is 8.42 Å². The second kappa shape index (κ2) is 8.56. The van der Waals surface area contributed by atoms with E-state index in [1.54, 1.807) is 24.3 Å². The van der Waals surface area contributed by atoms with E-state index in [9.17, 15) is 8.42 Å². The number of fused-ring (bicyclic) bond motifs is 1. The first-order valence-electron chi connectivity index (χ1n) is 10.6. The lowest BCUT2D eigenvalue weighted by Gasteiger charge is -2.12. The van der Waals surface area contributed by atoms with Gasteiger partial charge in [-0.05, 0) is 41.5 Å². The maximum atomic E-state index is 11.7. The molecule has 0 unspecified atom stereocenters. The summed E-state index contributed by atoms with van der Waals surface area (Å²) in [5, 5.41) is 4.35. The topological polar surface area (TPSA) is 64.0 Å². The molecule has 0 saturated carbocycles. The van der Waals surface area contributed by atoms with Crippen molar-refractivity contribution in [1.29, 1.82) is 0 Å². The highest BCUT2D eigenvalue weighted by Gasteiger charge is 2.13. The predicted octanol–water partition coefficient (Wildman–Crippen LogP) is 5.90. The largest absolute Gasteiger partial charge is 0.340 e. The fraction of sp³-hybridized carbons (Fsp3) is 0.0741. The Morgan fingerprint density at radius 2 is 1.52 bits per heavy atom. The monoisotopic (exact) mass is 453 g/mol. The molecule has 0 atom stereocenters. The van der Waals surface area contributed by atoms with Crippen molar-refractivity contribution in [2.75, 3.05) is 11.6 Å². The Labute approximate surface area is 193 Å². The molecule has 0 bridgehead atoms. The summed E-state index contributed by atoms with van der Waals surface area (Å²) in [4.78, 5) is 4.88. The second-order valence-corrected chi connectivity index (χ2v) is 10.0. The highest BCUT2D eigenvalue weighted by molar-refractivity contribution is 7.90. The molecule has 0 radical (unpaired) electrons. The quantitative estimate of drug-likeness (QED) is 0.348. The van der Waals surface area contributed by atoms with Gasteiger partial charge in [-0.3, -0.25) is 0 Å². The highest BCUT2D eigenvalue weighted by atomic mass is 32.2. The SMILES string of the molecule is CS(=O)(=O)c1ccc(Nc2cc3c(cn2)cc(-c2ccccc2)n3Cc2ccccc2)cc1. The zero-order chi connectivity index (χ0) is 22.8. The minimum absolute atomic E-state index is 0.292. The Balaban J connectivity index is 1.55. The van der Waals surface area contributed by atoms with Gasteiger partial charge in [0, 0.05) is 41.8 Å². The summed E-state index contributed by atoms with van der Waals surface area (Å²) in [6, 6.07) is 31.6. The van der Waals surface area contributed by atoms with Crippen molar-refractivity contribution in [2.24, 2.45) is 0 Å². The van der Waals surface area contributed by atoms with E-state index in [4.69, 9.17) is 0 Å². The van der Waals surface area contributed by atoms with Gasteiger partial charge < -0.3 is 9.88 Å². The summed E-state index contributed by atoms with van der Waals surface area (Å²) in [6.07, 6.45) is 3.08. The smallest absolute Gasteiger partial charge is 0.175 e. The molecule has 0 amide bonds. The molecule has 2 aromatic heterocycles.